The molecule has 1 N–H and O–H groups in total. The van der Waals surface area contributed by atoms with Crippen molar-refractivity contribution in [2.24, 2.45) is 5.92 Å². The Balaban J connectivity index is 1.72. The summed E-state index contributed by atoms with van der Waals surface area (Å²) in [4.78, 5) is 24.7. The van der Waals surface area contributed by atoms with Crippen LogP contribution >= 0.6 is 11.8 Å². The van der Waals surface area contributed by atoms with Crippen molar-refractivity contribution < 1.29 is 9.59 Å². The van der Waals surface area contributed by atoms with Crippen LogP contribution < -0.4 is 5.32 Å². The number of aryl methyl sites for hydroxylation is 2. The number of carbonyl (C=O) groups excluding carboxylic acids is 2. The van der Waals surface area contributed by atoms with E-state index in [1.807, 2.05) is 44.4 Å². The van der Waals surface area contributed by atoms with Gasteiger partial charge in [-0.05, 0) is 56.7 Å². The predicted octanol–water partition coefficient (Wildman–Crippen LogP) is 4.84. The van der Waals surface area contributed by atoms with E-state index in [1.165, 1.54) is 17.3 Å². The first-order chi connectivity index (χ1) is 14.3. The maximum absolute atomic E-state index is 12.9. The first-order valence-electron chi connectivity index (χ1n) is 9.85. The van der Waals surface area contributed by atoms with Gasteiger partial charge in [-0.3, -0.25) is 14.2 Å². The van der Waals surface area contributed by atoms with Crippen LogP contribution in [0.3, 0.4) is 0 Å². The predicted molar refractivity (Wildman–Crippen MR) is 120 cm³/mol. The van der Waals surface area contributed by atoms with Crippen LogP contribution in [0, 0.1) is 19.8 Å². The quantitative estimate of drug-likeness (QED) is 0.435. The zero-order valence-corrected chi connectivity index (χ0v) is 18.7. The van der Waals surface area contributed by atoms with E-state index in [0.29, 0.717) is 16.4 Å². The lowest BCUT2D eigenvalue weighted by atomic mass is 10.1. The van der Waals surface area contributed by atoms with Crippen molar-refractivity contribution in [1.82, 2.24) is 14.8 Å². The van der Waals surface area contributed by atoms with Crippen molar-refractivity contribution in [3.63, 3.8) is 0 Å². The average Bonchev–Trinajstić information content (AvgIpc) is 3.15. The number of hydrogen-bond acceptors (Lipinski definition) is 5. The number of nitrogens with one attached hydrogen (secondary N) is 1. The van der Waals surface area contributed by atoms with E-state index < -0.39 is 0 Å². The molecule has 1 aromatic heterocycles. The number of ketones is 1. The summed E-state index contributed by atoms with van der Waals surface area (Å²) < 4.78 is 1.91. The van der Waals surface area contributed by atoms with Crippen LogP contribution in [0.4, 0.5) is 5.69 Å². The van der Waals surface area contributed by atoms with Crippen molar-refractivity contribution in [3.8, 4) is 5.69 Å². The van der Waals surface area contributed by atoms with Gasteiger partial charge < -0.3 is 5.32 Å². The molecule has 0 aliphatic carbocycles. The molecule has 0 aliphatic rings. The molecule has 2 aromatic carbocycles. The average molecular weight is 423 g/mol. The Morgan fingerprint density at radius 2 is 1.73 bits per heavy atom. The molecular weight excluding hydrogens is 396 g/mol. The summed E-state index contributed by atoms with van der Waals surface area (Å²) in [6, 6.07) is 13.2. The van der Waals surface area contributed by atoms with Crippen LogP contribution in [-0.2, 0) is 4.79 Å². The van der Waals surface area contributed by atoms with Crippen LogP contribution in [0.15, 0.2) is 53.9 Å². The summed E-state index contributed by atoms with van der Waals surface area (Å²) in [7, 11) is 0. The number of carbonyl (C=O) groups is 2. The summed E-state index contributed by atoms with van der Waals surface area (Å²) in [5.41, 5.74) is 4.58. The number of amides is 1. The number of rotatable bonds is 7. The normalized spacial score (nSPS) is 12.1. The zero-order chi connectivity index (χ0) is 21.8. The maximum atomic E-state index is 12.9. The largest absolute Gasteiger partial charge is 0.326 e. The van der Waals surface area contributed by atoms with Crippen LogP contribution in [0.5, 0.6) is 0 Å². The summed E-state index contributed by atoms with van der Waals surface area (Å²) in [6.45, 7) is 9.64. The Hall–Kier alpha value is -2.93. The minimum atomic E-state index is -0.338. The molecule has 30 heavy (non-hydrogen) atoms. The Labute approximate surface area is 181 Å². The van der Waals surface area contributed by atoms with Crippen molar-refractivity contribution in [2.45, 2.75) is 45.0 Å². The van der Waals surface area contributed by atoms with Crippen LogP contribution in [0.25, 0.3) is 5.69 Å². The van der Waals surface area contributed by atoms with Crippen molar-refractivity contribution >= 4 is 29.1 Å². The van der Waals surface area contributed by atoms with Gasteiger partial charge in [0.05, 0.1) is 10.9 Å². The SMILES string of the molecule is Cc1ccc(-n2cnnc2S[C@H](C)C(=O)c2ccc(NC(=O)C(C)C)cc2)c(C)c1. The van der Waals surface area contributed by atoms with Gasteiger partial charge in [-0.2, -0.15) is 0 Å². The topological polar surface area (TPSA) is 76.9 Å². The molecule has 0 saturated heterocycles. The molecule has 7 heteroatoms. The molecule has 1 heterocycles. The Kier molecular flexibility index (Phi) is 6.72. The van der Waals surface area contributed by atoms with Crippen LogP contribution in [0.2, 0.25) is 0 Å². The van der Waals surface area contributed by atoms with Gasteiger partial charge in [0.15, 0.2) is 10.9 Å². The van der Waals surface area contributed by atoms with E-state index in [1.54, 1.807) is 30.6 Å². The Morgan fingerprint density at radius 1 is 1.03 bits per heavy atom. The molecule has 0 spiro atoms. The second-order valence-corrected chi connectivity index (χ2v) is 8.93. The number of hydrogen-bond donors (Lipinski definition) is 1. The minimum absolute atomic E-state index is 0.00286. The lowest BCUT2D eigenvalue weighted by Crippen LogP contribution is -2.18. The summed E-state index contributed by atoms with van der Waals surface area (Å²) in [6.07, 6.45) is 1.67. The van der Waals surface area contributed by atoms with Gasteiger partial charge in [-0.15, -0.1) is 10.2 Å². The number of aromatic nitrogens is 3. The smallest absolute Gasteiger partial charge is 0.226 e. The van der Waals surface area contributed by atoms with Crippen LogP contribution in [-0.4, -0.2) is 31.7 Å². The maximum Gasteiger partial charge on any atom is 0.226 e. The highest BCUT2D eigenvalue weighted by atomic mass is 32.2. The lowest BCUT2D eigenvalue weighted by Gasteiger charge is -2.13. The number of anilines is 1. The Bertz CT molecular complexity index is 1060. The van der Waals surface area contributed by atoms with Gasteiger partial charge in [-0.25, -0.2) is 0 Å². The van der Waals surface area contributed by atoms with E-state index in [2.05, 4.69) is 28.5 Å². The first kappa shape index (κ1) is 21.8. The molecule has 3 rings (SSSR count). The highest BCUT2D eigenvalue weighted by Gasteiger charge is 2.20. The number of thioether (sulfide) groups is 1. The fourth-order valence-corrected chi connectivity index (χ4v) is 3.91. The number of benzene rings is 2. The fraction of sp³-hybridized carbons (Fsp3) is 0.304. The fourth-order valence-electron chi connectivity index (χ4n) is 3.00. The highest BCUT2D eigenvalue weighted by Crippen LogP contribution is 2.27. The molecule has 1 amide bonds. The highest BCUT2D eigenvalue weighted by molar-refractivity contribution is 8.00. The van der Waals surface area contributed by atoms with Crippen molar-refractivity contribution in [2.75, 3.05) is 5.32 Å². The molecule has 3 aromatic rings. The molecule has 156 valence electrons. The third kappa shape index (κ3) is 4.97. The Morgan fingerprint density at radius 3 is 2.37 bits per heavy atom. The van der Waals surface area contributed by atoms with E-state index in [0.717, 1.165) is 11.3 Å². The van der Waals surface area contributed by atoms with E-state index >= 15 is 0 Å². The lowest BCUT2D eigenvalue weighted by molar-refractivity contribution is -0.118. The summed E-state index contributed by atoms with van der Waals surface area (Å²) >= 11 is 1.38. The molecule has 0 bridgehead atoms. The third-order valence-corrected chi connectivity index (χ3v) is 5.80. The van der Waals surface area contributed by atoms with E-state index in [9.17, 15) is 9.59 Å². The van der Waals surface area contributed by atoms with Gasteiger partial charge in [0, 0.05) is 17.2 Å². The van der Waals surface area contributed by atoms with E-state index in [-0.39, 0.29) is 22.9 Å². The molecule has 0 radical (unpaired) electrons. The number of Topliss-reactive ketones (excluding diaryl/α,β-unsaturated/α-hetero) is 1. The molecule has 6 nitrogen and oxygen atoms in total. The molecule has 0 fully saturated rings. The molecular formula is C23H26N4O2S. The van der Waals surface area contributed by atoms with Crippen molar-refractivity contribution in [1.29, 1.82) is 0 Å². The minimum Gasteiger partial charge on any atom is -0.326 e. The van der Waals surface area contributed by atoms with Gasteiger partial charge in [0.25, 0.3) is 0 Å². The molecule has 0 unspecified atom stereocenters. The van der Waals surface area contributed by atoms with Gasteiger partial charge in [0.1, 0.15) is 6.33 Å². The van der Waals surface area contributed by atoms with Crippen LogP contribution in [0.1, 0.15) is 42.3 Å². The molecule has 1 atom stereocenters. The van der Waals surface area contributed by atoms with E-state index in [4.69, 9.17) is 0 Å². The number of nitrogens with zero attached hydrogens (tertiary/aromatic N) is 3. The molecule has 0 aliphatic heterocycles. The first-order valence-corrected chi connectivity index (χ1v) is 10.7. The molecule has 0 saturated carbocycles. The second-order valence-electron chi connectivity index (χ2n) is 7.62. The summed E-state index contributed by atoms with van der Waals surface area (Å²) in [5, 5.41) is 11.4. The standard InChI is InChI=1S/C23H26N4O2S/c1-14(2)22(29)25-19-9-7-18(8-10-19)21(28)17(5)30-23-26-24-13-27(23)20-11-6-15(3)12-16(20)4/h6-14,17H,1-5H3,(H,25,29)/t17-/m1/s1. The summed E-state index contributed by atoms with van der Waals surface area (Å²) in [5.74, 6) is -0.155. The van der Waals surface area contributed by atoms with Crippen molar-refractivity contribution in [3.05, 3.63) is 65.5 Å². The van der Waals surface area contributed by atoms with Gasteiger partial charge in [-0.1, -0.05) is 43.3 Å². The zero-order valence-electron chi connectivity index (χ0n) is 17.8. The van der Waals surface area contributed by atoms with Gasteiger partial charge >= 0.3 is 0 Å². The monoisotopic (exact) mass is 422 g/mol. The van der Waals surface area contributed by atoms with Gasteiger partial charge in [0.2, 0.25) is 5.91 Å². The third-order valence-electron chi connectivity index (χ3n) is 4.74. The second kappa shape index (κ2) is 9.26.